The van der Waals surface area contributed by atoms with Crippen LogP contribution in [0.4, 0.5) is 17.6 Å². The Morgan fingerprint density at radius 1 is 1.25 bits per heavy atom. The Kier molecular flexibility index (Phi) is 3.85. The molecule has 1 unspecified atom stereocenters. The zero-order valence-electron chi connectivity index (χ0n) is 3.59. The van der Waals surface area contributed by atoms with Crippen molar-refractivity contribution in [3.8, 4) is 0 Å². The maximum atomic E-state index is 11.1. The number of halogens is 4. The second-order valence-corrected chi connectivity index (χ2v) is 1.16. The Hall–Kier alpha value is -0.280. The van der Waals surface area contributed by atoms with E-state index in [0.717, 1.165) is 0 Å². The second kappa shape index (κ2) is 2.89. The topological polar surface area (TPSA) is 0 Å². The molecule has 0 aromatic heterocycles. The van der Waals surface area contributed by atoms with Crippen LogP contribution >= 0.6 is 0 Å². The predicted molar refractivity (Wildman–Crippen MR) is 23.4 cm³/mol. The first kappa shape index (κ1) is 10.7. The minimum Gasteiger partial charge on any atom is -0.238 e. The summed E-state index contributed by atoms with van der Waals surface area (Å²) in [5.74, 6) is 0. The quantitative estimate of drug-likeness (QED) is 0.444. The van der Waals surface area contributed by atoms with E-state index >= 15 is 0 Å². The smallest absolute Gasteiger partial charge is 0.238 e. The summed E-state index contributed by atoms with van der Waals surface area (Å²) in [6.45, 7) is 0.458. The summed E-state index contributed by atoms with van der Waals surface area (Å²) >= 11 is 0. The highest BCUT2D eigenvalue weighted by molar-refractivity contribution is 4.56. The summed E-state index contributed by atoms with van der Waals surface area (Å²) in [5.41, 5.74) is 0. The normalized spacial score (nSPS) is 14.6. The van der Waals surface area contributed by atoms with Gasteiger partial charge < -0.3 is 0 Å². The van der Waals surface area contributed by atoms with E-state index in [9.17, 15) is 17.6 Å². The van der Waals surface area contributed by atoms with Crippen LogP contribution in [0.15, 0.2) is 0 Å². The molecule has 0 rings (SSSR count). The average molecular weight is 132 g/mol. The predicted octanol–water partition coefficient (Wildman–Crippen LogP) is 2.54. The number of hydrogen-bond donors (Lipinski definition) is 0. The molecule has 0 saturated heterocycles. The first-order chi connectivity index (χ1) is 2.94. The van der Waals surface area contributed by atoms with Gasteiger partial charge in [-0.2, -0.15) is 13.2 Å². The van der Waals surface area contributed by atoms with Crippen molar-refractivity contribution in [2.45, 2.75) is 26.7 Å². The van der Waals surface area contributed by atoms with Crippen LogP contribution in [0.2, 0.25) is 0 Å². The zero-order chi connectivity index (χ0) is 6.08. The van der Waals surface area contributed by atoms with E-state index in [1.54, 1.807) is 0 Å². The number of rotatable bonds is 0. The van der Waals surface area contributed by atoms with Gasteiger partial charge in [-0.15, -0.1) is 0 Å². The molecule has 0 N–H and O–H groups in total. The van der Waals surface area contributed by atoms with Gasteiger partial charge in [-0.05, 0) is 6.92 Å². The number of hydrogen-bond acceptors (Lipinski definition) is 0. The molecule has 0 aliphatic carbocycles. The molecular formula is C4H8F4. The van der Waals surface area contributed by atoms with E-state index in [2.05, 4.69) is 0 Å². The molecule has 0 aliphatic rings. The average Bonchev–Trinajstić information content (AvgIpc) is 1.31. The summed E-state index contributed by atoms with van der Waals surface area (Å²) in [5, 5.41) is 0. The van der Waals surface area contributed by atoms with Crippen LogP contribution in [0.3, 0.4) is 0 Å². The molecule has 0 bridgehead atoms. The maximum Gasteiger partial charge on any atom is 0.419 e. The van der Waals surface area contributed by atoms with Crippen LogP contribution in [0, 0.1) is 0 Å². The van der Waals surface area contributed by atoms with Crippen LogP contribution in [0.25, 0.3) is 0 Å². The molecule has 0 spiro atoms. The molecule has 52 valence electrons. The Bertz CT molecular complexity index is 53.5. The van der Waals surface area contributed by atoms with Crippen LogP contribution in [0.1, 0.15) is 14.4 Å². The van der Waals surface area contributed by atoms with Crippen LogP contribution < -0.4 is 0 Å². The van der Waals surface area contributed by atoms with Gasteiger partial charge in [0.2, 0.25) is 0 Å². The van der Waals surface area contributed by atoms with Crippen LogP contribution in [-0.2, 0) is 0 Å². The third-order valence-electron chi connectivity index (χ3n) is 0.451. The Balaban J connectivity index is 0. The van der Waals surface area contributed by atoms with Gasteiger partial charge in [-0.25, -0.2) is 4.39 Å². The lowest BCUT2D eigenvalue weighted by atomic mass is 10.4. The van der Waals surface area contributed by atoms with Gasteiger partial charge in [0.1, 0.15) is 0 Å². The minimum absolute atomic E-state index is 0. The van der Waals surface area contributed by atoms with E-state index in [0.29, 0.717) is 6.92 Å². The molecule has 8 heavy (non-hydrogen) atoms. The summed E-state index contributed by atoms with van der Waals surface area (Å²) in [7, 11) is 0. The molecule has 0 amide bonds. The Morgan fingerprint density at radius 3 is 1.38 bits per heavy atom. The monoisotopic (exact) mass is 132 g/mol. The summed E-state index contributed by atoms with van der Waals surface area (Å²) in [6.07, 6.45) is -7.37. The third kappa shape index (κ3) is 3.89. The molecule has 0 saturated carbocycles. The van der Waals surface area contributed by atoms with Gasteiger partial charge in [0.05, 0.1) is 0 Å². The first-order valence-electron chi connectivity index (χ1n) is 1.65. The van der Waals surface area contributed by atoms with Gasteiger partial charge in [0.25, 0.3) is 0 Å². The van der Waals surface area contributed by atoms with E-state index < -0.39 is 12.3 Å². The van der Waals surface area contributed by atoms with Crippen molar-refractivity contribution in [2.24, 2.45) is 0 Å². The van der Waals surface area contributed by atoms with Crippen molar-refractivity contribution >= 4 is 0 Å². The Labute approximate surface area is 45.5 Å². The highest BCUT2D eigenvalue weighted by atomic mass is 19.4. The lowest BCUT2D eigenvalue weighted by Crippen LogP contribution is -2.20. The van der Waals surface area contributed by atoms with Crippen molar-refractivity contribution in [1.29, 1.82) is 0 Å². The second-order valence-electron chi connectivity index (χ2n) is 1.16. The molecule has 0 aliphatic heterocycles. The highest BCUT2D eigenvalue weighted by Gasteiger charge is 2.35. The molecule has 0 aromatic carbocycles. The van der Waals surface area contributed by atoms with Gasteiger partial charge >= 0.3 is 6.18 Å². The van der Waals surface area contributed by atoms with E-state index in [4.69, 9.17) is 0 Å². The molecule has 0 nitrogen and oxygen atoms in total. The molecular weight excluding hydrogens is 124 g/mol. The van der Waals surface area contributed by atoms with Crippen LogP contribution in [-0.4, -0.2) is 12.3 Å². The molecule has 0 fully saturated rings. The fraction of sp³-hybridized carbons (Fsp3) is 1.00. The highest BCUT2D eigenvalue weighted by Crippen LogP contribution is 2.21. The Morgan fingerprint density at radius 2 is 1.38 bits per heavy atom. The molecule has 1 atom stereocenters. The lowest BCUT2D eigenvalue weighted by molar-refractivity contribution is -0.174. The SMILES string of the molecule is C.CC(F)C(F)(F)F. The molecule has 0 aromatic rings. The minimum atomic E-state index is -4.67. The maximum absolute atomic E-state index is 11.1. The number of alkyl halides is 4. The van der Waals surface area contributed by atoms with Crippen molar-refractivity contribution in [3.05, 3.63) is 0 Å². The van der Waals surface area contributed by atoms with Crippen molar-refractivity contribution in [3.63, 3.8) is 0 Å². The largest absolute Gasteiger partial charge is 0.419 e. The zero-order valence-corrected chi connectivity index (χ0v) is 3.59. The standard InChI is InChI=1S/C3H4F4.CH4/c1-2(4)3(5,6)7;/h2H,1H3;1H4. The van der Waals surface area contributed by atoms with Gasteiger partial charge in [-0.3, -0.25) is 0 Å². The van der Waals surface area contributed by atoms with E-state index in [1.807, 2.05) is 0 Å². The lowest BCUT2D eigenvalue weighted by Gasteiger charge is -2.04. The van der Waals surface area contributed by atoms with E-state index in [-0.39, 0.29) is 7.43 Å². The third-order valence-corrected chi connectivity index (χ3v) is 0.451. The molecule has 0 heterocycles. The van der Waals surface area contributed by atoms with Crippen molar-refractivity contribution in [2.75, 3.05) is 0 Å². The first-order valence-corrected chi connectivity index (χ1v) is 1.65. The van der Waals surface area contributed by atoms with Crippen molar-refractivity contribution in [1.82, 2.24) is 0 Å². The van der Waals surface area contributed by atoms with E-state index in [1.165, 1.54) is 0 Å². The fourth-order valence-corrected chi connectivity index (χ4v) is 0. The summed E-state index contributed by atoms with van der Waals surface area (Å²) in [6, 6.07) is 0. The summed E-state index contributed by atoms with van der Waals surface area (Å²) < 4.78 is 43.5. The molecule has 4 heteroatoms. The van der Waals surface area contributed by atoms with Crippen LogP contribution in [0.5, 0.6) is 0 Å². The summed E-state index contributed by atoms with van der Waals surface area (Å²) in [4.78, 5) is 0. The fourth-order valence-electron chi connectivity index (χ4n) is 0. The van der Waals surface area contributed by atoms with Gasteiger partial charge in [0, 0.05) is 0 Å². The van der Waals surface area contributed by atoms with Crippen molar-refractivity contribution < 1.29 is 17.6 Å². The van der Waals surface area contributed by atoms with Gasteiger partial charge in [0.15, 0.2) is 6.17 Å². The van der Waals surface area contributed by atoms with Gasteiger partial charge in [-0.1, -0.05) is 7.43 Å². The molecule has 0 radical (unpaired) electrons.